The summed E-state index contributed by atoms with van der Waals surface area (Å²) in [5.74, 6) is -0.503. The number of aryl methyl sites for hydroxylation is 1. The van der Waals surface area contributed by atoms with E-state index in [-0.39, 0.29) is 27.8 Å². The molecule has 0 fully saturated rings. The van der Waals surface area contributed by atoms with Crippen molar-refractivity contribution < 1.29 is 17.9 Å². The molecule has 5 nitrogen and oxygen atoms in total. The van der Waals surface area contributed by atoms with Crippen molar-refractivity contribution in [3.63, 3.8) is 0 Å². The third-order valence-corrected chi connectivity index (χ3v) is 5.67. The lowest BCUT2D eigenvalue weighted by Crippen LogP contribution is -2.07. The van der Waals surface area contributed by atoms with Crippen LogP contribution in [0, 0.1) is 0 Å². The van der Waals surface area contributed by atoms with Gasteiger partial charge in [0.1, 0.15) is 0 Å². The number of fused-ring (bicyclic) bond motifs is 3. The average Bonchev–Trinajstić information content (AvgIpc) is 2.75. The van der Waals surface area contributed by atoms with Crippen molar-refractivity contribution >= 4 is 38.3 Å². The third-order valence-electron chi connectivity index (χ3n) is 3.49. The maximum atomic E-state index is 12.0. The van der Waals surface area contributed by atoms with Crippen LogP contribution in [0.2, 0.25) is 5.02 Å². The molecule has 7 heteroatoms. The second kappa shape index (κ2) is 4.96. The van der Waals surface area contributed by atoms with Crippen LogP contribution in [0.1, 0.15) is 22.8 Å². The molecule has 1 aliphatic rings. The minimum atomic E-state index is -3.26. The Morgan fingerprint density at radius 3 is 2.90 bits per heavy atom. The Kier molecular flexibility index (Phi) is 3.37. The molecule has 3 rings (SSSR count). The highest BCUT2D eigenvalue weighted by Crippen LogP contribution is 2.36. The number of hydrogen-bond acceptors (Lipinski definition) is 5. The fraction of sp³-hybridized carbons (Fsp3) is 0.286. The van der Waals surface area contributed by atoms with Crippen molar-refractivity contribution in [2.45, 2.75) is 18.2 Å². The van der Waals surface area contributed by atoms with Crippen LogP contribution in [0.15, 0.2) is 23.2 Å². The van der Waals surface area contributed by atoms with Gasteiger partial charge in [0.25, 0.3) is 0 Å². The Labute approximate surface area is 126 Å². The van der Waals surface area contributed by atoms with E-state index in [1.807, 2.05) is 0 Å². The topological polar surface area (TPSA) is 73.3 Å². The molecular weight excluding hydrogens is 314 g/mol. The molecule has 0 saturated carbocycles. The van der Waals surface area contributed by atoms with Gasteiger partial charge in [0.15, 0.2) is 9.84 Å². The van der Waals surface area contributed by atoms with Crippen LogP contribution in [-0.4, -0.2) is 31.7 Å². The summed E-state index contributed by atoms with van der Waals surface area (Å²) in [5.41, 5.74) is 1.36. The molecule has 1 aromatic carbocycles. The molecule has 0 atom stereocenters. The van der Waals surface area contributed by atoms with Gasteiger partial charge in [0.05, 0.1) is 33.4 Å². The van der Waals surface area contributed by atoms with Gasteiger partial charge in [-0.3, -0.25) is 4.98 Å². The summed E-state index contributed by atoms with van der Waals surface area (Å²) in [4.78, 5) is 16.3. The van der Waals surface area contributed by atoms with Crippen molar-refractivity contribution in [3.8, 4) is 0 Å². The summed E-state index contributed by atoms with van der Waals surface area (Å²) in [6.07, 6.45) is 1.74. The molecule has 2 heterocycles. The molecule has 2 aromatic rings. The van der Waals surface area contributed by atoms with Crippen molar-refractivity contribution in [2.24, 2.45) is 0 Å². The average molecular weight is 326 g/mol. The molecule has 0 spiro atoms. The lowest BCUT2D eigenvalue weighted by atomic mass is 10.0. The van der Waals surface area contributed by atoms with Crippen LogP contribution < -0.4 is 0 Å². The molecule has 21 heavy (non-hydrogen) atoms. The first-order valence-electron chi connectivity index (χ1n) is 6.45. The summed E-state index contributed by atoms with van der Waals surface area (Å²) in [5, 5.41) is 0.730. The van der Waals surface area contributed by atoms with Crippen LogP contribution in [0.25, 0.3) is 10.9 Å². The maximum Gasteiger partial charge on any atom is 0.341 e. The van der Waals surface area contributed by atoms with E-state index < -0.39 is 15.8 Å². The van der Waals surface area contributed by atoms with Gasteiger partial charge in [-0.1, -0.05) is 11.6 Å². The van der Waals surface area contributed by atoms with E-state index in [1.165, 1.54) is 6.20 Å². The molecule has 0 unspecified atom stereocenters. The second-order valence-electron chi connectivity index (χ2n) is 4.71. The van der Waals surface area contributed by atoms with Crippen LogP contribution in [-0.2, 0) is 21.0 Å². The Hall–Kier alpha value is -1.66. The minimum Gasteiger partial charge on any atom is -0.462 e. The third kappa shape index (κ3) is 2.18. The van der Waals surface area contributed by atoms with E-state index in [2.05, 4.69) is 4.98 Å². The van der Waals surface area contributed by atoms with E-state index in [0.717, 1.165) is 0 Å². The first-order valence-corrected chi connectivity index (χ1v) is 8.48. The number of carbonyl (C=O) groups is 1. The molecule has 0 bridgehead atoms. The standard InChI is InChI=1S/C14H12ClNO4S/c1-2-20-14(17)9-7-16-10-3-4-11-8(12(10)13(9)15)5-6-21(11,18)19/h3-4,7H,2,5-6H2,1H3. The SMILES string of the molecule is CCOC(=O)c1cnc2ccc3c(c2c1Cl)CCS3(=O)=O. The van der Waals surface area contributed by atoms with Crippen LogP contribution in [0.4, 0.5) is 0 Å². The van der Waals surface area contributed by atoms with Crippen molar-refractivity contribution in [1.82, 2.24) is 4.98 Å². The fourth-order valence-corrected chi connectivity index (χ4v) is 4.42. The van der Waals surface area contributed by atoms with Gasteiger partial charge in [-0.15, -0.1) is 0 Å². The number of aromatic nitrogens is 1. The Balaban J connectivity index is 2.31. The number of sulfone groups is 1. The van der Waals surface area contributed by atoms with Gasteiger partial charge in [-0.05, 0) is 31.0 Å². The maximum absolute atomic E-state index is 12.0. The van der Waals surface area contributed by atoms with Gasteiger partial charge in [0, 0.05) is 11.6 Å². The predicted octanol–water partition coefficient (Wildman–Crippen LogP) is 2.39. The second-order valence-corrected chi connectivity index (χ2v) is 7.17. The largest absolute Gasteiger partial charge is 0.462 e. The predicted molar refractivity (Wildman–Crippen MR) is 78.5 cm³/mol. The number of benzene rings is 1. The molecular formula is C14H12ClNO4S. The number of esters is 1. The number of ether oxygens (including phenoxy) is 1. The lowest BCUT2D eigenvalue weighted by Gasteiger charge is -2.09. The zero-order valence-electron chi connectivity index (χ0n) is 11.2. The van der Waals surface area contributed by atoms with Gasteiger partial charge < -0.3 is 4.74 Å². The van der Waals surface area contributed by atoms with Gasteiger partial charge in [0.2, 0.25) is 0 Å². The highest BCUT2D eigenvalue weighted by Gasteiger charge is 2.29. The highest BCUT2D eigenvalue weighted by atomic mass is 35.5. The summed E-state index contributed by atoms with van der Waals surface area (Å²) in [6.45, 7) is 1.93. The molecule has 1 aliphatic heterocycles. The minimum absolute atomic E-state index is 0.0570. The number of rotatable bonds is 2. The smallest absolute Gasteiger partial charge is 0.341 e. The van der Waals surface area contributed by atoms with Gasteiger partial charge in [-0.25, -0.2) is 13.2 Å². The molecule has 0 N–H and O–H groups in total. The van der Waals surface area contributed by atoms with Crippen molar-refractivity contribution in [1.29, 1.82) is 0 Å². The summed E-state index contributed by atoms with van der Waals surface area (Å²) in [6, 6.07) is 3.16. The van der Waals surface area contributed by atoms with Crippen LogP contribution in [0.5, 0.6) is 0 Å². The first kappa shape index (κ1) is 14.3. The monoisotopic (exact) mass is 325 g/mol. The molecule has 0 amide bonds. The van der Waals surface area contributed by atoms with E-state index in [0.29, 0.717) is 22.9 Å². The normalized spacial score (nSPS) is 15.9. The summed E-state index contributed by atoms with van der Waals surface area (Å²) in [7, 11) is -3.26. The summed E-state index contributed by atoms with van der Waals surface area (Å²) < 4.78 is 28.9. The van der Waals surface area contributed by atoms with Gasteiger partial charge in [-0.2, -0.15) is 0 Å². The lowest BCUT2D eigenvalue weighted by molar-refractivity contribution is 0.0526. The summed E-state index contributed by atoms with van der Waals surface area (Å²) >= 11 is 6.31. The number of nitrogens with zero attached hydrogens (tertiary/aromatic N) is 1. The zero-order valence-corrected chi connectivity index (χ0v) is 12.8. The van der Waals surface area contributed by atoms with Gasteiger partial charge >= 0.3 is 5.97 Å². The van der Waals surface area contributed by atoms with E-state index >= 15 is 0 Å². The quantitative estimate of drug-likeness (QED) is 0.793. The van der Waals surface area contributed by atoms with Crippen LogP contribution in [0.3, 0.4) is 0 Å². The highest BCUT2D eigenvalue weighted by molar-refractivity contribution is 7.91. The van der Waals surface area contributed by atoms with E-state index in [9.17, 15) is 13.2 Å². The molecule has 0 radical (unpaired) electrons. The molecule has 1 aromatic heterocycles. The number of pyridine rings is 1. The van der Waals surface area contributed by atoms with E-state index in [1.54, 1.807) is 19.1 Å². The molecule has 0 aliphatic carbocycles. The van der Waals surface area contributed by atoms with E-state index in [4.69, 9.17) is 16.3 Å². The number of carbonyl (C=O) groups excluding carboxylic acids is 1. The molecule has 110 valence electrons. The Morgan fingerprint density at radius 1 is 1.43 bits per heavy atom. The fourth-order valence-electron chi connectivity index (χ4n) is 2.53. The van der Waals surface area contributed by atoms with Crippen molar-refractivity contribution in [3.05, 3.63) is 34.5 Å². The number of hydrogen-bond donors (Lipinski definition) is 0. The Morgan fingerprint density at radius 2 is 2.19 bits per heavy atom. The number of halogens is 1. The first-order chi connectivity index (χ1) is 9.95. The zero-order chi connectivity index (χ0) is 15.2. The van der Waals surface area contributed by atoms with Crippen LogP contribution >= 0.6 is 11.6 Å². The molecule has 0 saturated heterocycles. The van der Waals surface area contributed by atoms with Crippen molar-refractivity contribution in [2.75, 3.05) is 12.4 Å². The Bertz CT molecular complexity index is 861.